The van der Waals surface area contributed by atoms with Gasteiger partial charge in [-0.15, -0.1) is 0 Å². The van der Waals surface area contributed by atoms with E-state index in [2.05, 4.69) is 19.9 Å². The first-order valence-electron chi connectivity index (χ1n) is 10.2. The van der Waals surface area contributed by atoms with Crippen molar-refractivity contribution in [3.8, 4) is 16.8 Å². The fraction of sp³-hybridized carbons (Fsp3) is 0.217. The molecule has 0 unspecified atom stereocenters. The second-order valence-electron chi connectivity index (χ2n) is 7.59. The molecule has 4 heterocycles. The number of aliphatic imine (C=N–C) groups is 1. The molecule has 1 aromatic carbocycles. The van der Waals surface area contributed by atoms with E-state index >= 15 is 0 Å². The highest BCUT2D eigenvalue weighted by molar-refractivity contribution is 5.96. The zero-order valence-corrected chi connectivity index (χ0v) is 17.1. The summed E-state index contributed by atoms with van der Waals surface area (Å²) < 4.78 is 1.91. The highest BCUT2D eigenvalue weighted by atomic mass is 16.3. The number of hydrogen-bond acceptors (Lipinski definition) is 6. The number of nitrogens with zero attached hydrogens (tertiary/aromatic N) is 5. The molecule has 1 aliphatic rings. The van der Waals surface area contributed by atoms with Crippen molar-refractivity contribution < 1.29 is 5.11 Å². The van der Waals surface area contributed by atoms with Crippen LogP contribution in [0.3, 0.4) is 0 Å². The standard InChI is InChI=1S/C23H22N6O2/c1-24-10-16-9-15(11-25-21(16)28-8-7-18(30)12-28)19-13-29(17-5-3-2-4-6-17)22-20(19)23(31)27-14-26-22/h2-6,9-11,13-14,18,30H,7-8,12H2,1H3,(H,26,27,31)/b24-10-/t18-/m1/s1. The Labute approximate surface area is 178 Å². The van der Waals surface area contributed by atoms with Crippen LogP contribution in [0.4, 0.5) is 5.82 Å². The van der Waals surface area contributed by atoms with Crippen LogP contribution in [0.15, 0.2) is 64.9 Å². The van der Waals surface area contributed by atoms with E-state index in [4.69, 9.17) is 4.98 Å². The molecule has 1 saturated heterocycles. The molecule has 8 heteroatoms. The van der Waals surface area contributed by atoms with Crippen LogP contribution in [-0.4, -0.2) is 57.1 Å². The number of anilines is 1. The van der Waals surface area contributed by atoms with Crippen LogP contribution in [0.1, 0.15) is 12.0 Å². The number of aliphatic hydroxyl groups excluding tert-OH is 1. The topological polar surface area (TPSA) is 99.4 Å². The molecule has 5 rings (SSSR count). The van der Waals surface area contributed by atoms with Crippen molar-refractivity contribution in [2.24, 2.45) is 4.99 Å². The molecule has 156 valence electrons. The number of aromatic nitrogens is 4. The van der Waals surface area contributed by atoms with E-state index in [1.807, 2.05) is 47.2 Å². The number of benzene rings is 1. The highest BCUT2D eigenvalue weighted by Gasteiger charge is 2.24. The number of fused-ring (bicyclic) bond motifs is 1. The van der Waals surface area contributed by atoms with Crippen molar-refractivity contribution in [3.63, 3.8) is 0 Å². The van der Waals surface area contributed by atoms with Crippen molar-refractivity contribution in [2.45, 2.75) is 12.5 Å². The molecular formula is C23H22N6O2. The van der Waals surface area contributed by atoms with Gasteiger partial charge in [0.1, 0.15) is 5.82 Å². The van der Waals surface area contributed by atoms with Gasteiger partial charge < -0.3 is 19.6 Å². The molecule has 0 spiro atoms. The third-order valence-corrected chi connectivity index (χ3v) is 5.56. The Kier molecular flexibility index (Phi) is 4.83. The maximum Gasteiger partial charge on any atom is 0.260 e. The average Bonchev–Trinajstić information content (AvgIpc) is 3.39. The minimum atomic E-state index is -0.346. The molecule has 0 bridgehead atoms. The fourth-order valence-corrected chi connectivity index (χ4v) is 4.13. The van der Waals surface area contributed by atoms with Crippen molar-refractivity contribution in [3.05, 3.63) is 71.0 Å². The minimum Gasteiger partial charge on any atom is -0.391 e. The molecule has 0 radical (unpaired) electrons. The smallest absolute Gasteiger partial charge is 0.260 e. The van der Waals surface area contributed by atoms with Crippen molar-refractivity contribution in [1.29, 1.82) is 0 Å². The fourth-order valence-electron chi connectivity index (χ4n) is 4.13. The number of hydrogen-bond donors (Lipinski definition) is 2. The van der Waals surface area contributed by atoms with Gasteiger partial charge in [0.2, 0.25) is 0 Å². The van der Waals surface area contributed by atoms with Crippen LogP contribution < -0.4 is 10.5 Å². The molecule has 1 atom stereocenters. The normalized spacial score (nSPS) is 16.6. The highest BCUT2D eigenvalue weighted by Crippen LogP contribution is 2.32. The number of pyridine rings is 1. The molecule has 0 saturated carbocycles. The third-order valence-electron chi connectivity index (χ3n) is 5.56. The Balaban J connectivity index is 1.69. The summed E-state index contributed by atoms with van der Waals surface area (Å²) in [6, 6.07) is 11.8. The number of H-pyrrole nitrogens is 1. The van der Waals surface area contributed by atoms with E-state index < -0.39 is 0 Å². The van der Waals surface area contributed by atoms with Gasteiger partial charge in [-0.1, -0.05) is 18.2 Å². The zero-order chi connectivity index (χ0) is 21.4. The Bertz CT molecular complexity index is 1330. The first-order chi connectivity index (χ1) is 15.2. The van der Waals surface area contributed by atoms with Crippen molar-refractivity contribution >= 4 is 23.1 Å². The third kappa shape index (κ3) is 3.40. The second kappa shape index (κ2) is 7.81. The summed E-state index contributed by atoms with van der Waals surface area (Å²) in [6.07, 6.45) is 7.24. The van der Waals surface area contributed by atoms with Crippen LogP contribution in [0.5, 0.6) is 0 Å². The molecule has 31 heavy (non-hydrogen) atoms. The van der Waals surface area contributed by atoms with Gasteiger partial charge in [-0.25, -0.2) is 9.97 Å². The van der Waals surface area contributed by atoms with E-state index in [0.29, 0.717) is 17.6 Å². The lowest BCUT2D eigenvalue weighted by atomic mass is 10.1. The summed E-state index contributed by atoms with van der Waals surface area (Å²) in [6.45, 7) is 1.29. The van der Waals surface area contributed by atoms with E-state index in [-0.39, 0.29) is 11.7 Å². The molecule has 1 fully saturated rings. The van der Waals surface area contributed by atoms with Gasteiger partial charge in [-0.05, 0) is 24.6 Å². The van der Waals surface area contributed by atoms with Crippen LogP contribution in [0.2, 0.25) is 0 Å². The molecule has 0 amide bonds. The number of para-hydroxylation sites is 1. The molecular weight excluding hydrogens is 392 g/mol. The molecule has 3 aromatic heterocycles. The lowest BCUT2D eigenvalue weighted by molar-refractivity contribution is 0.198. The van der Waals surface area contributed by atoms with Crippen LogP contribution >= 0.6 is 0 Å². The summed E-state index contributed by atoms with van der Waals surface area (Å²) in [5.41, 5.74) is 3.70. The molecule has 2 N–H and O–H groups in total. The lowest BCUT2D eigenvalue weighted by Gasteiger charge is -2.19. The summed E-state index contributed by atoms with van der Waals surface area (Å²) in [5.74, 6) is 0.782. The summed E-state index contributed by atoms with van der Waals surface area (Å²) >= 11 is 0. The molecule has 8 nitrogen and oxygen atoms in total. The molecule has 4 aromatic rings. The Morgan fingerprint density at radius 3 is 2.84 bits per heavy atom. The zero-order valence-electron chi connectivity index (χ0n) is 17.1. The number of aliphatic hydroxyl groups is 1. The van der Waals surface area contributed by atoms with Gasteiger partial charge in [-0.3, -0.25) is 9.79 Å². The van der Waals surface area contributed by atoms with Crippen LogP contribution in [-0.2, 0) is 0 Å². The Morgan fingerprint density at radius 1 is 1.26 bits per heavy atom. The second-order valence-corrected chi connectivity index (χ2v) is 7.59. The van der Waals surface area contributed by atoms with Gasteiger partial charge in [0.05, 0.1) is 17.8 Å². The lowest BCUT2D eigenvalue weighted by Crippen LogP contribution is -2.23. The first-order valence-corrected chi connectivity index (χ1v) is 10.2. The van der Waals surface area contributed by atoms with Gasteiger partial charge in [0.15, 0.2) is 5.65 Å². The number of nitrogens with one attached hydrogen (secondary N) is 1. The average molecular weight is 414 g/mol. The van der Waals surface area contributed by atoms with E-state index in [1.165, 1.54) is 6.33 Å². The van der Waals surface area contributed by atoms with Crippen molar-refractivity contribution in [2.75, 3.05) is 25.0 Å². The van der Waals surface area contributed by atoms with Gasteiger partial charge in [0, 0.05) is 61.1 Å². The van der Waals surface area contributed by atoms with E-state index in [0.717, 1.165) is 41.2 Å². The Morgan fingerprint density at radius 2 is 2.10 bits per heavy atom. The first kappa shape index (κ1) is 19.2. The number of rotatable bonds is 4. The van der Waals surface area contributed by atoms with E-state index in [1.54, 1.807) is 19.5 Å². The Hall–Kier alpha value is -3.78. The maximum atomic E-state index is 12.7. The van der Waals surface area contributed by atoms with Crippen LogP contribution in [0.25, 0.3) is 27.8 Å². The molecule has 1 aliphatic heterocycles. The SMILES string of the molecule is C/N=C\c1cc(-c2cn(-c3ccccc3)c3nc[nH]c(=O)c23)cnc1N1CC[C@@H](O)C1. The number of aromatic amines is 1. The van der Waals surface area contributed by atoms with E-state index in [9.17, 15) is 9.90 Å². The quantitative estimate of drug-likeness (QED) is 0.500. The predicted octanol–water partition coefficient (Wildman–Crippen LogP) is 2.40. The van der Waals surface area contributed by atoms with Gasteiger partial charge in [0.25, 0.3) is 5.56 Å². The summed E-state index contributed by atoms with van der Waals surface area (Å²) in [7, 11) is 1.71. The number of β-amino-alcohol motifs (C(OH)–C–C–N with tert-alkyl or cyclic N) is 1. The molecule has 0 aliphatic carbocycles. The van der Waals surface area contributed by atoms with Gasteiger partial charge in [-0.2, -0.15) is 0 Å². The van der Waals surface area contributed by atoms with Crippen molar-refractivity contribution in [1.82, 2.24) is 19.5 Å². The maximum absolute atomic E-state index is 12.7. The van der Waals surface area contributed by atoms with Gasteiger partial charge >= 0.3 is 0 Å². The monoisotopic (exact) mass is 414 g/mol. The minimum absolute atomic E-state index is 0.202. The van der Waals surface area contributed by atoms with Crippen LogP contribution in [0, 0.1) is 0 Å². The summed E-state index contributed by atoms with van der Waals surface area (Å²) in [4.78, 5) is 30.8. The summed E-state index contributed by atoms with van der Waals surface area (Å²) in [5, 5.41) is 10.4. The predicted molar refractivity (Wildman–Crippen MR) is 121 cm³/mol. The largest absolute Gasteiger partial charge is 0.391 e.